The van der Waals surface area contributed by atoms with Gasteiger partial charge < -0.3 is 9.84 Å². The highest BCUT2D eigenvalue weighted by molar-refractivity contribution is 5.41. The van der Waals surface area contributed by atoms with Crippen LogP contribution in [0.25, 0.3) is 0 Å². The van der Waals surface area contributed by atoms with E-state index in [2.05, 4.69) is 16.5 Å². The van der Waals surface area contributed by atoms with Crippen LogP contribution in [0.1, 0.15) is 16.8 Å². The van der Waals surface area contributed by atoms with E-state index in [9.17, 15) is 0 Å². The number of aromatic nitrogens is 1. The van der Waals surface area contributed by atoms with Crippen molar-refractivity contribution in [3.05, 3.63) is 35.7 Å². The van der Waals surface area contributed by atoms with Gasteiger partial charge in [-0.1, -0.05) is 6.08 Å². The average Bonchev–Trinajstić information content (AvgIpc) is 2.34. The summed E-state index contributed by atoms with van der Waals surface area (Å²) in [6, 6.07) is 0. The first-order chi connectivity index (χ1) is 8.63. The summed E-state index contributed by atoms with van der Waals surface area (Å²) in [5.41, 5.74) is 3.08. The maximum atomic E-state index is 9.03. The molecular weight excluding hydrogens is 228 g/mol. The monoisotopic (exact) mass is 250 g/mol. The maximum Gasteiger partial charge on any atom is 0.128 e. The number of aryl methyl sites for hydroxylation is 1. The van der Waals surface area contributed by atoms with Gasteiger partial charge in [-0.15, -0.1) is 6.58 Å². The number of ether oxygens (including phenoxy) is 1. The smallest absolute Gasteiger partial charge is 0.128 e. The minimum absolute atomic E-state index is 0.135. The van der Waals surface area contributed by atoms with E-state index in [4.69, 9.17) is 9.84 Å². The third kappa shape index (κ3) is 3.55. The quantitative estimate of drug-likeness (QED) is 0.748. The molecule has 0 atom stereocenters. The largest absolute Gasteiger partial charge is 0.496 e. The van der Waals surface area contributed by atoms with Crippen molar-refractivity contribution in [3.8, 4) is 5.75 Å². The third-order valence-corrected chi connectivity index (χ3v) is 2.93. The molecule has 4 heteroatoms. The highest BCUT2D eigenvalue weighted by Crippen LogP contribution is 2.24. The molecule has 1 heterocycles. The molecular formula is C14H22N2O2. The molecule has 0 saturated heterocycles. The van der Waals surface area contributed by atoms with Gasteiger partial charge in [0.25, 0.3) is 0 Å². The van der Waals surface area contributed by atoms with Gasteiger partial charge in [-0.05, 0) is 13.8 Å². The molecule has 100 valence electrons. The molecule has 0 radical (unpaired) electrons. The Morgan fingerprint density at radius 2 is 2.22 bits per heavy atom. The van der Waals surface area contributed by atoms with E-state index in [1.54, 1.807) is 7.11 Å². The lowest BCUT2D eigenvalue weighted by Gasteiger charge is -2.21. The zero-order valence-electron chi connectivity index (χ0n) is 11.4. The topological polar surface area (TPSA) is 45.6 Å². The van der Waals surface area contributed by atoms with Crippen LogP contribution < -0.4 is 4.74 Å². The molecule has 18 heavy (non-hydrogen) atoms. The fourth-order valence-corrected chi connectivity index (χ4v) is 2.00. The lowest BCUT2D eigenvalue weighted by atomic mass is 10.1. The van der Waals surface area contributed by atoms with Crippen LogP contribution >= 0.6 is 0 Å². The molecule has 0 bridgehead atoms. The van der Waals surface area contributed by atoms with Crippen molar-refractivity contribution >= 4 is 0 Å². The van der Waals surface area contributed by atoms with Gasteiger partial charge in [-0.25, -0.2) is 0 Å². The van der Waals surface area contributed by atoms with Gasteiger partial charge in [0, 0.05) is 37.0 Å². The van der Waals surface area contributed by atoms with E-state index in [0.717, 1.165) is 29.1 Å². The number of aliphatic hydroxyl groups excluding tert-OH is 1. The van der Waals surface area contributed by atoms with E-state index in [1.165, 1.54) is 0 Å². The van der Waals surface area contributed by atoms with Crippen molar-refractivity contribution in [2.24, 2.45) is 0 Å². The summed E-state index contributed by atoms with van der Waals surface area (Å²) in [4.78, 5) is 6.55. The standard InChI is InChI=1S/C14H22N2O2/c1-5-6-16(7-8-17)10-13-12(3)14(18-4)11(2)9-15-13/h5,9,17H,1,6-8,10H2,2-4H3. The Hall–Kier alpha value is -1.39. The average molecular weight is 250 g/mol. The Morgan fingerprint density at radius 1 is 1.50 bits per heavy atom. The van der Waals surface area contributed by atoms with E-state index >= 15 is 0 Å². The number of hydrogen-bond donors (Lipinski definition) is 1. The first-order valence-corrected chi connectivity index (χ1v) is 6.07. The summed E-state index contributed by atoms with van der Waals surface area (Å²) in [6.45, 7) is 9.90. The summed E-state index contributed by atoms with van der Waals surface area (Å²) < 4.78 is 5.39. The summed E-state index contributed by atoms with van der Waals surface area (Å²) >= 11 is 0. The first kappa shape index (κ1) is 14.7. The van der Waals surface area contributed by atoms with Gasteiger partial charge in [-0.3, -0.25) is 9.88 Å². The summed E-state index contributed by atoms with van der Waals surface area (Å²) in [7, 11) is 1.67. The maximum absolute atomic E-state index is 9.03. The van der Waals surface area contributed by atoms with Crippen LogP contribution in [-0.4, -0.2) is 41.8 Å². The number of hydrogen-bond acceptors (Lipinski definition) is 4. The fraction of sp³-hybridized carbons (Fsp3) is 0.500. The van der Waals surface area contributed by atoms with Crippen molar-refractivity contribution in [1.82, 2.24) is 9.88 Å². The van der Waals surface area contributed by atoms with E-state index in [-0.39, 0.29) is 6.61 Å². The number of methoxy groups -OCH3 is 1. The second-order valence-corrected chi connectivity index (χ2v) is 4.29. The molecule has 1 N–H and O–H groups in total. The molecule has 0 amide bonds. The van der Waals surface area contributed by atoms with Gasteiger partial charge in [0.15, 0.2) is 0 Å². The zero-order valence-corrected chi connectivity index (χ0v) is 11.4. The molecule has 0 aliphatic heterocycles. The molecule has 4 nitrogen and oxygen atoms in total. The number of pyridine rings is 1. The molecule has 1 rings (SSSR count). The van der Waals surface area contributed by atoms with Crippen LogP contribution in [0.2, 0.25) is 0 Å². The highest BCUT2D eigenvalue weighted by atomic mass is 16.5. The summed E-state index contributed by atoms with van der Waals surface area (Å²) in [5.74, 6) is 0.891. The SMILES string of the molecule is C=CCN(CCO)Cc1ncc(C)c(OC)c1C. The van der Waals surface area contributed by atoms with Crippen molar-refractivity contribution in [3.63, 3.8) is 0 Å². The van der Waals surface area contributed by atoms with Crippen LogP contribution in [0, 0.1) is 13.8 Å². The Labute approximate surface area is 109 Å². The highest BCUT2D eigenvalue weighted by Gasteiger charge is 2.12. The first-order valence-electron chi connectivity index (χ1n) is 6.07. The molecule has 1 aromatic rings. The van der Waals surface area contributed by atoms with Crippen molar-refractivity contribution in [1.29, 1.82) is 0 Å². The lowest BCUT2D eigenvalue weighted by Crippen LogP contribution is -2.27. The predicted molar refractivity (Wildman–Crippen MR) is 72.8 cm³/mol. The Bertz CT molecular complexity index is 405. The Morgan fingerprint density at radius 3 is 2.78 bits per heavy atom. The van der Waals surface area contributed by atoms with Crippen LogP contribution in [0.5, 0.6) is 5.75 Å². The number of rotatable bonds is 7. The predicted octanol–water partition coefficient (Wildman–Crippen LogP) is 1.69. The van der Waals surface area contributed by atoms with Gasteiger partial charge >= 0.3 is 0 Å². The lowest BCUT2D eigenvalue weighted by molar-refractivity contribution is 0.201. The van der Waals surface area contributed by atoms with E-state index in [1.807, 2.05) is 26.1 Å². The van der Waals surface area contributed by atoms with Gasteiger partial charge in [-0.2, -0.15) is 0 Å². The van der Waals surface area contributed by atoms with Crippen LogP contribution in [0.4, 0.5) is 0 Å². The fourth-order valence-electron chi connectivity index (χ4n) is 2.00. The van der Waals surface area contributed by atoms with Crippen LogP contribution in [0.15, 0.2) is 18.9 Å². The minimum Gasteiger partial charge on any atom is -0.496 e. The summed E-state index contributed by atoms with van der Waals surface area (Å²) in [5, 5.41) is 9.03. The Balaban J connectivity index is 2.92. The molecule has 0 fully saturated rings. The molecule has 0 aliphatic rings. The second-order valence-electron chi connectivity index (χ2n) is 4.29. The summed E-state index contributed by atoms with van der Waals surface area (Å²) in [6.07, 6.45) is 3.66. The molecule has 1 aromatic heterocycles. The molecule has 0 unspecified atom stereocenters. The van der Waals surface area contributed by atoms with E-state index < -0.39 is 0 Å². The third-order valence-electron chi connectivity index (χ3n) is 2.93. The number of aliphatic hydroxyl groups is 1. The molecule has 0 aromatic carbocycles. The van der Waals surface area contributed by atoms with Crippen molar-refractivity contribution < 1.29 is 9.84 Å². The minimum atomic E-state index is 0.135. The molecule has 0 saturated carbocycles. The van der Waals surface area contributed by atoms with E-state index in [0.29, 0.717) is 13.1 Å². The van der Waals surface area contributed by atoms with Gasteiger partial charge in [0.05, 0.1) is 19.4 Å². The molecule has 0 spiro atoms. The normalized spacial score (nSPS) is 10.7. The van der Waals surface area contributed by atoms with Crippen molar-refractivity contribution in [2.75, 3.05) is 26.8 Å². The zero-order chi connectivity index (χ0) is 13.5. The van der Waals surface area contributed by atoms with Crippen LogP contribution in [-0.2, 0) is 6.54 Å². The van der Waals surface area contributed by atoms with Crippen LogP contribution in [0.3, 0.4) is 0 Å². The Kier molecular flexibility index (Phi) is 5.82. The number of nitrogens with zero attached hydrogens (tertiary/aromatic N) is 2. The van der Waals surface area contributed by atoms with Crippen molar-refractivity contribution in [2.45, 2.75) is 20.4 Å². The second kappa shape index (κ2) is 7.13. The van der Waals surface area contributed by atoms with Gasteiger partial charge in [0.2, 0.25) is 0 Å². The molecule has 0 aliphatic carbocycles. The van der Waals surface area contributed by atoms with Gasteiger partial charge in [0.1, 0.15) is 5.75 Å².